The standard InChI is InChI=1S/C23H18N2O3S/c1-15-7-12-19-20(13-15)29-22(25-19)17-8-10-18(11-9-17)24-21(26)23(27)28-14-16-5-3-2-4-6-16/h2-13H,14H2,1H3,(H,24,26). The molecule has 0 bridgehead atoms. The predicted molar refractivity (Wildman–Crippen MR) is 115 cm³/mol. The number of amides is 1. The number of benzene rings is 3. The van der Waals surface area contributed by atoms with Crippen LogP contribution in [-0.4, -0.2) is 16.9 Å². The van der Waals surface area contributed by atoms with E-state index in [1.54, 1.807) is 23.5 Å². The van der Waals surface area contributed by atoms with E-state index in [1.807, 2.05) is 54.6 Å². The van der Waals surface area contributed by atoms with Gasteiger partial charge in [0.1, 0.15) is 11.6 Å². The molecule has 0 spiro atoms. The molecule has 144 valence electrons. The maximum Gasteiger partial charge on any atom is 0.397 e. The van der Waals surface area contributed by atoms with Crippen LogP contribution >= 0.6 is 11.3 Å². The number of thiazole rings is 1. The number of nitrogens with zero attached hydrogens (tertiary/aromatic N) is 1. The highest BCUT2D eigenvalue weighted by Crippen LogP contribution is 2.31. The van der Waals surface area contributed by atoms with E-state index in [0.29, 0.717) is 5.69 Å². The molecule has 0 atom stereocenters. The van der Waals surface area contributed by atoms with Crippen LogP contribution in [0.4, 0.5) is 5.69 Å². The molecule has 0 saturated heterocycles. The predicted octanol–water partition coefficient (Wildman–Crippen LogP) is 4.95. The van der Waals surface area contributed by atoms with Crippen LogP contribution in [0.15, 0.2) is 72.8 Å². The first kappa shape index (κ1) is 18.8. The molecular weight excluding hydrogens is 384 g/mol. The SMILES string of the molecule is Cc1ccc2nc(-c3ccc(NC(=O)C(=O)OCc4ccccc4)cc3)sc2c1. The van der Waals surface area contributed by atoms with Crippen LogP contribution in [-0.2, 0) is 20.9 Å². The number of nitrogens with one attached hydrogen (secondary N) is 1. The highest BCUT2D eigenvalue weighted by Gasteiger charge is 2.16. The molecule has 5 nitrogen and oxygen atoms in total. The summed E-state index contributed by atoms with van der Waals surface area (Å²) in [4.78, 5) is 28.6. The smallest absolute Gasteiger partial charge is 0.397 e. The number of aryl methyl sites for hydroxylation is 1. The lowest BCUT2D eigenvalue weighted by Gasteiger charge is -2.06. The molecule has 1 heterocycles. The van der Waals surface area contributed by atoms with E-state index in [-0.39, 0.29) is 6.61 Å². The molecule has 1 N–H and O–H groups in total. The Kier molecular flexibility index (Phi) is 5.35. The number of rotatable bonds is 4. The van der Waals surface area contributed by atoms with Crippen LogP contribution in [0.2, 0.25) is 0 Å². The van der Waals surface area contributed by atoms with Crippen molar-refractivity contribution in [1.82, 2.24) is 4.98 Å². The monoisotopic (exact) mass is 402 g/mol. The average Bonchev–Trinajstić information content (AvgIpc) is 3.16. The average molecular weight is 402 g/mol. The Morgan fingerprint density at radius 2 is 1.76 bits per heavy atom. The molecule has 6 heteroatoms. The number of esters is 1. The van der Waals surface area contributed by atoms with Gasteiger partial charge in [0, 0.05) is 11.3 Å². The molecule has 0 fully saturated rings. The number of aromatic nitrogens is 1. The molecule has 0 radical (unpaired) electrons. The summed E-state index contributed by atoms with van der Waals surface area (Å²) < 4.78 is 6.18. The van der Waals surface area contributed by atoms with Gasteiger partial charge in [0.2, 0.25) is 0 Å². The van der Waals surface area contributed by atoms with E-state index in [1.165, 1.54) is 5.56 Å². The Labute approximate surface area is 172 Å². The Hall–Kier alpha value is -3.51. The van der Waals surface area contributed by atoms with Crippen molar-refractivity contribution in [2.24, 2.45) is 0 Å². The number of anilines is 1. The van der Waals surface area contributed by atoms with Crippen molar-refractivity contribution in [2.45, 2.75) is 13.5 Å². The summed E-state index contributed by atoms with van der Waals surface area (Å²) in [6.07, 6.45) is 0. The Bertz CT molecular complexity index is 1170. The third-order valence-electron chi connectivity index (χ3n) is 4.33. The first-order chi connectivity index (χ1) is 14.1. The molecule has 3 aromatic carbocycles. The minimum atomic E-state index is -0.917. The normalized spacial score (nSPS) is 10.7. The molecule has 29 heavy (non-hydrogen) atoms. The summed E-state index contributed by atoms with van der Waals surface area (Å²) in [6, 6.07) is 22.6. The lowest BCUT2D eigenvalue weighted by atomic mass is 10.2. The van der Waals surface area contributed by atoms with E-state index in [2.05, 4.69) is 23.3 Å². The molecule has 0 aliphatic heterocycles. The summed E-state index contributed by atoms with van der Waals surface area (Å²) in [5, 5.41) is 3.47. The molecule has 4 rings (SSSR count). The minimum absolute atomic E-state index is 0.0586. The zero-order valence-corrected chi connectivity index (χ0v) is 16.5. The van der Waals surface area contributed by atoms with E-state index >= 15 is 0 Å². The third-order valence-corrected chi connectivity index (χ3v) is 5.40. The summed E-state index contributed by atoms with van der Waals surface area (Å²) in [5.41, 5.74) is 4.46. The van der Waals surface area contributed by atoms with Crippen molar-refractivity contribution in [3.8, 4) is 10.6 Å². The number of carbonyl (C=O) groups excluding carboxylic acids is 2. The van der Waals surface area contributed by atoms with Gasteiger partial charge in [0.05, 0.1) is 10.2 Å². The molecule has 1 aromatic heterocycles. The van der Waals surface area contributed by atoms with Crippen LogP contribution in [0.1, 0.15) is 11.1 Å². The lowest BCUT2D eigenvalue weighted by Crippen LogP contribution is -2.24. The van der Waals surface area contributed by atoms with E-state index in [4.69, 9.17) is 4.74 Å². The van der Waals surface area contributed by atoms with Gasteiger partial charge in [-0.15, -0.1) is 11.3 Å². The second-order valence-corrected chi connectivity index (χ2v) is 7.61. The largest absolute Gasteiger partial charge is 0.454 e. The van der Waals surface area contributed by atoms with Crippen LogP contribution < -0.4 is 5.32 Å². The van der Waals surface area contributed by atoms with Gasteiger partial charge in [-0.25, -0.2) is 9.78 Å². The molecular formula is C23H18N2O3S. The van der Waals surface area contributed by atoms with Crippen molar-refractivity contribution in [2.75, 3.05) is 5.32 Å². The van der Waals surface area contributed by atoms with Crippen LogP contribution in [0.5, 0.6) is 0 Å². The van der Waals surface area contributed by atoms with Gasteiger partial charge in [0.25, 0.3) is 0 Å². The van der Waals surface area contributed by atoms with E-state index in [0.717, 1.165) is 26.4 Å². The second kappa shape index (κ2) is 8.24. The molecule has 0 saturated carbocycles. The number of carbonyl (C=O) groups is 2. The topological polar surface area (TPSA) is 68.3 Å². The molecule has 0 unspecified atom stereocenters. The van der Waals surface area contributed by atoms with Crippen molar-refractivity contribution in [3.05, 3.63) is 83.9 Å². The summed E-state index contributed by atoms with van der Waals surface area (Å²) in [5.74, 6) is -1.72. The van der Waals surface area contributed by atoms with Crippen molar-refractivity contribution in [3.63, 3.8) is 0 Å². The van der Waals surface area contributed by atoms with Gasteiger partial charge in [-0.3, -0.25) is 4.79 Å². The van der Waals surface area contributed by atoms with E-state index in [9.17, 15) is 9.59 Å². The third kappa shape index (κ3) is 4.50. The first-order valence-electron chi connectivity index (χ1n) is 9.08. The Balaban J connectivity index is 1.39. The van der Waals surface area contributed by atoms with Gasteiger partial charge in [-0.2, -0.15) is 0 Å². The Morgan fingerprint density at radius 3 is 2.52 bits per heavy atom. The fourth-order valence-corrected chi connectivity index (χ4v) is 3.89. The maximum absolute atomic E-state index is 12.0. The molecule has 0 aliphatic rings. The fourth-order valence-electron chi connectivity index (χ4n) is 2.82. The summed E-state index contributed by atoms with van der Waals surface area (Å²) in [7, 11) is 0. The van der Waals surface area contributed by atoms with Gasteiger partial charge < -0.3 is 10.1 Å². The zero-order valence-electron chi connectivity index (χ0n) is 15.7. The van der Waals surface area contributed by atoms with Gasteiger partial charge >= 0.3 is 11.9 Å². The number of hydrogen-bond donors (Lipinski definition) is 1. The molecule has 4 aromatic rings. The fraction of sp³-hybridized carbons (Fsp3) is 0.0870. The summed E-state index contributed by atoms with van der Waals surface area (Å²) >= 11 is 1.62. The van der Waals surface area contributed by atoms with Crippen LogP contribution in [0, 0.1) is 6.92 Å². The van der Waals surface area contributed by atoms with Gasteiger partial charge in [-0.1, -0.05) is 36.4 Å². The van der Waals surface area contributed by atoms with Crippen molar-refractivity contribution < 1.29 is 14.3 Å². The first-order valence-corrected chi connectivity index (χ1v) is 9.90. The van der Waals surface area contributed by atoms with Crippen LogP contribution in [0.3, 0.4) is 0 Å². The maximum atomic E-state index is 12.0. The second-order valence-electron chi connectivity index (χ2n) is 6.58. The quantitative estimate of drug-likeness (QED) is 0.387. The van der Waals surface area contributed by atoms with E-state index < -0.39 is 11.9 Å². The number of ether oxygens (including phenoxy) is 1. The number of fused-ring (bicyclic) bond motifs is 1. The molecule has 1 amide bonds. The Morgan fingerprint density at radius 1 is 1.00 bits per heavy atom. The number of hydrogen-bond acceptors (Lipinski definition) is 5. The minimum Gasteiger partial charge on any atom is -0.454 e. The molecule has 0 aliphatic carbocycles. The van der Waals surface area contributed by atoms with Gasteiger partial charge in [0.15, 0.2) is 0 Å². The highest BCUT2D eigenvalue weighted by molar-refractivity contribution is 7.21. The van der Waals surface area contributed by atoms with Gasteiger partial charge in [-0.05, 0) is 54.4 Å². The lowest BCUT2D eigenvalue weighted by molar-refractivity contribution is -0.153. The summed E-state index contributed by atoms with van der Waals surface area (Å²) in [6.45, 7) is 2.12. The van der Waals surface area contributed by atoms with Crippen molar-refractivity contribution in [1.29, 1.82) is 0 Å². The zero-order chi connectivity index (χ0) is 20.2. The van der Waals surface area contributed by atoms with Crippen LogP contribution in [0.25, 0.3) is 20.8 Å². The highest BCUT2D eigenvalue weighted by atomic mass is 32.1. The van der Waals surface area contributed by atoms with Crippen molar-refractivity contribution >= 4 is 39.1 Å².